The fraction of sp³-hybridized carbons (Fsp3) is 0.429. The van der Waals surface area contributed by atoms with E-state index in [-0.39, 0.29) is 16.5 Å². The predicted molar refractivity (Wildman–Crippen MR) is 43.4 cm³/mol. The van der Waals surface area contributed by atoms with E-state index < -0.39 is 0 Å². The van der Waals surface area contributed by atoms with Crippen molar-refractivity contribution in [2.45, 2.75) is 0 Å². The number of hydrogen-bond acceptors (Lipinski definition) is 2. The third-order valence-electron chi connectivity index (χ3n) is 0.862. The molecule has 0 amide bonds. The third-order valence-corrected chi connectivity index (χ3v) is 1.70. The molecule has 0 rings (SSSR count). The van der Waals surface area contributed by atoms with Gasteiger partial charge in [-0.05, 0) is 17.0 Å². The Hall–Kier alpha value is -0.930. The summed E-state index contributed by atoms with van der Waals surface area (Å²) in [5.41, 5.74) is 0.223. The first-order chi connectivity index (χ1) is 4.70. The molecule has 0 bridgehead atoms. The lowest BCUT2D eigenvalue weighted by molar-refractivity contribution is 1.45. The highest BCUT2D eigenvalue weighted by Crippen LogP contribution is 1.92. The zero-order valence-corrected chi connectivity index (χ0v) is 6.90. The van der Waals surface area contributed by atoms with Crippen LogP contribution in [0.4, 0.5) is 0 Å². The predicted octanol–water partition coefficient (Wildman–Crippen LogP) is 0.838. The topological polar surface area (TPSA) is 47.6 Å². The monoisotopic (exact) mass is 153 g/mol. The normalized spacial score (nSPS) is 8.10. The van der Waals surface area contributed by atoms with Gasteiger partial charge in [-0.2, -0.15) is 10.5 Å². The lowest BCUT2D eigenvalue weighted by Crippen LogP contribution is -1.98. The van der Waals surface area contributed by atoms with Gasteiger partial charge in [0.1, 0.15) is 23.5 Å². The highest BCUT2D eigenvalue weighted by Gasteiger charge is 1.99. The first-order valence-electron chi connectivity index (χ1n) is 2.75. The molecule has 52 valence electrons. The van der Waals surface area contributed by atoms with Crippen molar-refractivity contribution >= 4 is 10.9 Å². The summed E-state index contributed by atoms with van der Waals surface area (Å²) < 4.78 is 0. The summed E-state index contributed by atoms with van der Waals surface area (Å²) in [6.45, 7) is 0. The molecule has 0 fully saturated rings. The Morgan fingerprint density at radius 2 is 1.90 bits per heavy atom. The van der Waals surface area contributed by atoms with E-state index in [4.69, 9.17) is 10.5 Å². The molecule has 0 spiro atoms. The second-order valence-corrected chi connectivity index (χ2v) is 4.30. The largest absolute Gasteiger partial charge is 0.192 e. The summed E-state index contributed by atoms with van der Waals surface area (Å²) in [5.74, 6) is 0.830. The third kappa shape index (κ3) is 4.00. The molecule has 0 N–H and O–H groups in total. The summed E-state index contributed by atoms with van der Waals surface area (Å²) >= 11 is 0. The van der Waals surface area contributed by atoms with Crippen LogP contribution < -0.4 is 0 Å². The molecule has 0 saturated heterocycles. The van der Waals surface area contributed by atoms with Crippen molar-refractivity contribution in [3.8, 4) is 12.1 Å². The molecular weight excluding hydrogens is 144 g/mol. The fourth-order valence-electron chi connectivity index (χ4n) is 0.366. The number of hydrogen-bond donors (Lipinski definition) is 0. The molecular formula is C7H9N2S+. The van der Waals surface area contributed by atoms with Crippen LogP contribution in [0, 0.1) is 22.7 Å². The fourth-order valence-corrected chi connectivity index (χ4v) is 0.866. The van der Waals surface area contributed by atoms with Crippen LogP contribution in [0.2, 0.25) is 0 Å². The Kier molecular flexibility index (Phi) is 4.45. The first-order valence-corrected chi connectivity index (χ1v) is 4.96. The minimum Gasteiger partial charge on any atom is -0.192 e. The van der Waals surface area contributed by atoms with E-state index in [9.17, 15) is 0 Å². The van der Waals surface area contributed by atoms with E-state index in [2.05, 4.69) is 12.5 Å². The Balaban J connectivity index is 3.94. The second-order valence-electron chi connectivity index (χ2n) is 1.99. The zero-order chi connectivity index (χ0) is 7.98. The van der Waals surface area contributed by atoms with Gasteiger partial charge in [-0.3, -0.25) is 0 Å². The van der Waals surface area contributed by atoms with E-state index in [1.165, 1.54) is 0 Å². The van der Waals surface area contributed by atoms with Crippen LogP contribution in [-0.2, 0) is 10.9 Å². The van der Waals surface area contributed by atoms with Gasteiger partial charge in [0.2, 0.25) is 0 Å². The summed E-state index contributed by atoms with van der Waals surface area (Å²) in [6, 6.07) is 3.62. The molecule has 0 saturated carbocycles. The number of allylic oxidation sites excluding steroid dienone is 1. The number of rotatable bonds is 2. The van der Waals surface area contributed by atoms with Crippen molar-refractivity contribution in [3.05, 3.63) is 11.6 Å². The summed E-state index contributed by atoms with van der Waals surface area (Å²) in [4.78, 5) is 0. The van der Waals surface area contributed by atoms with E-state index in [0.29, 0.717) is 0 Å². The van der Waals surface area contributed by atoms with E-state index in [0.717, 1.165) is 5.75 Å². The van der Waals surface area contributed by atoms with Crippen LogP contribution in [0.15, 0.2) is 11.6 Å². The molecule has 0 aliphatic rings. The number of nitrogens with zero attached hydrogens (tertiary/aromatic N) is 2. The van der Waals surface area contributed by atoms with Gasteiger partial charge in [-0.1, -0.05) is 0 Å². The van der Waals surface area contributed by atoms with Gasteiger partial charge in [0.05, 0.1) is 12.5 Å². The van der Waals surface area contributed by atoms with Crippen molar-refractivity contribution in [2.24, 2.45) is 0 Å². The number of nitriles is 2. The van der Waals surface area contributed by atoms with Gasteiger partial charge in [0.25, 0.3) is 0 Å². The second kappa shape index (κ2) is 4.90. The molecule has 0 aromatic heterocycles. The average Bonchev–Trinajstić information content (AvgIpc) is 1.90. The van der Waals surface area contributed by atoms with Crippen molar-refractivity contribution in [1.29, 1.82) is 10.5 Å². The lowest BCUT2D eigenvalue weighted by Gasteiger charge is -1.86. The Bertz CT molecular complexity index is 189. The Morgan fingerprint density at radius 1 is 1.40 bits per heavy atom. The van der Waals surface area contributed by atoms with Crippen LogP contribution in [-0.4, -0.2) is 18.3 Å². The molecule has 10 heavy (non-hydrogen) atoms. The molecule has 2 nitrogen and oxygen atoms in total. The summed E-state index contributed by atoms with van der Waals surface area (Å²) in [5, 5.41) is 16.6. The van der Waals surface area contributed by atoms with E-state index in [1.807, 2.05) is 12.1 Å². The molecule has 0 aromatic carbocycles. The first kappa shape index (κ1) is 9.07. The molecule has 0 unspecified atom stereocenters. The standard InChI is InChI=1S/C7H9N2S/c1-10(2)4-3-7(5-8)6-9/h3H,4H2,1-2H3/q+1. The van der Waals surface area contributed by atoms with Crippen LogP contribution in [0.1, 0.15) is 0 Å². The minimum atomic E-state index is 0.223. The van der Waals surface area contributed by atoms with E-state index >= 15 is 0 Å². The molecule has 0 aliphatic heterocycles. The lowest BCUT2D eigenvalue weighted by atomic mass is 10.3. The van der Waals surface area contributed by atoms with Crippen molar-refractivity contribution < 1.29 is 0 Å². The maximum Gasteiger partial charge on any atom is 0.130 e. The molecule has 0 aromatic rings. The Labute approximate surface area is 64.1 Å². The van der Waals surface area contributed by atoms with Crippen LogP contribution in [0.25, 0.3) is 0 Å². The van der Waals surface area contributed by atoms with Gasteiger partial charge < -0.3 is 0 Å². The van der Waals surface area contributed by atoms with Crippen LogP contribution in [0.5, 0.6) is 0 Å². The van der Waals surface area contributed by atoms with Gasteiger partial charge in [-0.15, -0.1) is 0 Å². The minimum absolute atomic E-state index is 0.223. The van der Waals surface area contributed by atoms with Gasteiger partial charge >= 0.3 is 0 Å². The van der Waals surface area contributed by atoms with Crippen molar-refractivity contribution in [1.82, 2.24) is 0 Å². The smallest absolute Gasteiger partial charge is 0.130 e. The highest BCUT2D eigenvalue weighted by atomic mass is 32.2. The molecule has 0 radical (unpaired) electrons. The van der Waals surface area contributed by atoms with E-state index in [1.54, 1.807) is 6.08 Å². The SMILES string of the molecule is C[S+](C)CC=C(C#N)C#N. The summed E-state index contributed by atoms with van der Waals surface area (Å²) in [7, 11) is 0.282. The van der Waals surface area contributed by atoms with Crippen LogP contribution in [0.3, 0.4) is 0 Å². The van der Waals surface area contributed by atoms with Crippen molar-refractivity contribution in [3.63, 3.8) is 0 Å². The van der Waals surface area contributed by atoms with Crippen molar-refractivity contribution in [2.75, 3.05) is 18.3 Å². The van der Waals surface area contributed by atoms with Crippen LogP contribution >= 0.6 is 0 Å². The molecule has 0 heterocycles. The quantitative estimate of drug-likeness (QED) is 0.436. The van der Waals surface area contributed by atoms with Gasteiger partial charge in [-0.25, -0.2) is 0 Å². The highest BCUT2D eigenvalue weighted by molar-refractivity contribution is 7.95. The van der Waals surface area contributed by atoms with Gasteiger partial charge in [0.15, 0.2) is 0 Å². The maximum atomic E-state index is 8.30. The average molecular weight is 153 g/mol. The maximum absolute atomic E-state index is 8.30. The summed E-state index contributed by atoms with van der Waals surface area (Å²) in [6.07, 6.45) is 5.83. The Morgan fingerprint density at radius 3 is 2.20 bits per heavy atom. The van der Waals surface area contributed by atoms with Gasteiger partial charge in [0, 0.05) is 0 Å². The zero-order valence-electron chi connectivity index (χ0n) is 6.09. The molecule has 3 heteroatoms. The molecule has 0 atom stereocenters. The molecule has 0 aliphatic carbocycles.